The van der Waals surface area contributed by atoms with Crippen LogP contribution in [0.5, 0.6) is 0 Å². The van der Waals surface area contributed by atoms with E-state index < -0.39 is 11.6 Å². The molecule has 36 heavy (non-hydrogen) atoms. The normalized spacial score (nSPS) is 15.6. The molecule has 8 bridgehead atoms. The largest absolute Gasteiger partial charge is 0.504 e. The molecule has 0 radical (unpaired) electrons. The maximum Gasteiger partial charge on any atom is 0.220 e. The number of aromatic nitrogens is 4. The lowest BCUT2D eigenvalue weighted by atomic mass is 10.0. The van der Waals surface area contributed by atoms with Crippen molar-refractivity contribution < 1.29 is 19.8 Å². The third-order valence-electron chi connectivity index (χ3n) is 6.56. The predicted octanol–water partition coefficient (Wildman–Crippen LogP) is -0.848. The van der Waals surface area contributed by atoms with E-state index in [0.717, 1.165) is 22.1 Å². The number of ketones is 2. The van der Waals surface area contributed by atoms with Crippen LogP contribution < -0.4 is 31.8 Å². The van der Waals surface area contributed by atoms with Crippen LogP contribution in [-0.4, -0.2) is 41.7 Å². The number of hydrogen-bond donors (Lipinski definition) is 6. The lowest BCUT2D eigenvalue weighted by Gasteiger charge is -2.02. The Kier molecular flexibility index (Phi) is 3.99. The monoisotopic (exact) mass is 474 g/mol. The Morgan fingerprint density at radius 1 is 0.500 bits per heavy atom. The van der Waals surface area contributed by atoms with E-state index in [1.807, 2.05) is 48.6 Å². The molecule has 8 heteroatoms. The number of aromatic amines is 4. The van der Waals surface area contributed by atoms with Gasteiger partial charge < -0.3 is 30.1 Å². The van der Waals surface area contributed by atoms with Crippen molar-refractivity contribution in [1.29, 1.82) is 0 Å². The molecule has 0 aromatic carbocycles. The average molecular weight is 474 g/mol. The Hall–Kier alpha value is -5.24. The fourth-order valence-electron chi connectivity index (χ4n) is 4.86. The summed E-state index contributed by atoms with van der Waals surface area (Å²) in [6, 6.07) is 7.82. The molecule has 5 heterocycles. The van der Waals surface area contributed by atoms with Gasteiger partial charge in [-0.3, -0.25) is 9.59 Å². The molecule has 4 aromatic rings. The second-order valence-corrected chi connectivity index (χ2v) is 8.95. The molecule has 7 rings (SSSR count). The number of allylic oxidation sites excluding steroid dienone is 2. The van der Waals surface area contributed by atoms with Crippen LogP contribution >= 0.6 is 0 Å². The van der Waals surface area contributed by atoms with E-state index in [9.17, 15) is 19.8 Å². The summed E-state index contributed by atoms with van der Waals surface area (Å²) in [5, 5.41) is 24.7. The van der Waals surface area contributed by atoms with Gasteiger partial charge in [-0.2, -0.15) is 0 Å². The molecule has 1 aliphatic heterocycles. The SMILES string of the molecule is O=C1C=c2c(c3[nH]c2=Cc2ccc([nH]2)C=c2ccc([nH]2)=Cc2[nH]c(c4c2C=C(O)C(=O)C=4)=C3)C=C1O. The first-order valence-corrected chi connectivity index (χ1v) is 11.3. The number of carbonyl (C=O) groups is 2. The van der Waals surface area contributed by atoms with Crippen molar-refractivity contribution in [3.63, 3.8) is 0 Å². The third kappa shape index (κ3) is 3.08. The maximum absolute atomic E-state index is 12.3. The van der Waals surface area contributed by atoms with Gasteiger partial charge in [0.2, 0.25) is 11.6 Å². The number of H-pyrrole nitrogens is 4. The van der Waals surface area contributed by atoms with E-state index in [1.54, 1.807) is 0 Å². The molecule has 6 N–H and O–H groups in total. The molecule has 0 unspecified atom stereocenters. The third-order valence-corrected chi connectivity index (χ3v) is 6.56. The van der Waals surface area contributed by atoms with Crippen molar-refractivity contribution in [1.82, 2.24) is 19.9 Å². The zero-order valence-electron chi connectivity index (χ0n) is 18.6. The van der Waals surface area contributed by atoms with Crippen LogP contribution in [0.3, 0.4) is 0 Å². The van der Waals surface area contributed by atoms with Crippen LogP contribution in [0.4, 0.5) is 0 Å². The summed E-state index contributed by atoms with van der Waals surface area (Å²) in [5.41, 5.74) is 4.43. The number of Topliss-reactive ketones (excluding diaryl/α,β-unsaturated/α-hetero) is 2. The predicted molar refractivity (Wildman–Crippen MR) is 135 cm³/mol. The van der Waals surface area contributed by atoms with Crippen LogP contribution in [0.2, 0.25) is 0 Å². The van der Waals surface area contributed by atoms with Crippen LogP contribution in [0, 0.1) is 0 Å². The quantitative estimate of drug-likeness (QED) is 0.174. The zero-order valence-corrected chi connectivity index (χ0v) is 18.6. The van der Waals surface area contributed by atoms with Crippen molar-refractivity contribution in [3.8, 4) is 0 Å². The molecule has 174 valence electrons. The van der Waals surface area contributed by atoms with Gasteiger partial charge >= 0.3 is 0 Å². The summed E-state index contributed by atoms with van der Waals surface area (Å²) in [6.45, 7) is 0. The molecular weight excluding hydrogens is 456 g/mol. The molecule has 0 atom stereocenters. The first-order chi connectivity index (χ1) is 17.4. The van der Waals surface area contributed by atoms with E-state index in [2.05, 4.69) is 19.9 Å². The summed E-state index contributed by atoms with van der Waals surface area (Å²) in [5.74, 6) is -1.62. The summed E-state index contributed by atoms with van der Waals surface area (Å²) in [6.07, 6.45) is 13.3. The first kappa shape index (κ1) is 20.2. The molecule has 0 amide bonds. The van der Waals surface area contributed by atoms with E-state index in [4.69, 9.17) is 0 Å². The molecular formula is C28H18N4O4. The summed E-state index contributed by atoms with van der Waals surface area (Å²) in [7, 11) is 0. The molecule has 2 aliphatic carbocycles. The summed E-state index contributed by atoms with van der Waals surface area (Å²) < 4.78 is 0. The number of nitrogens with one attached hydrogen (secondary N) is 4. The first-order valence-electron chi connectivity index (χ1n) is 11.3. The van der Waals surface area contributed by atoms with E-state index >= 15 is 0 Å². The van der Waals surface area contributed by atoms with Gasteiger partial charge in [-0.05, 0) is 72.9 Å². The Labute approximate surface area is 201 Å². The summed E-state index contributed by atoms with van der Waals surface area (Å²) in [4.78, 5) is 38.0. The Morgan fingerprint density at radius 2 is 1.03 bits per heavy atom. The number of carbonyl (C=O) groups excluding carboxylic acids is 2. The number of fused-ring (bicyclic) bond motifs is 14. The minimum Gasteiger partial charge on any atom is -0.504 e. The lowest BCUT2D eigenvalue weighted by Crippen LogP contribution is -2.28. The zero-order chi connectivity index (χ0) is 24.6. The van der Waals surface area contributed by atoms with Crippen LogP contribution in [-0.2, 0) is 9.59 Å². The highest BCUT2D eigenvalue weighted by Gasteiger charge is 2.19. The molecule has 0 fully saturated rings. The van der Waals surface area contributed by atoms with Crippen molar-refractivity contribution in [2.75, 3.05) is 0 Å². The number of aliphatic hydroxyl groups excluding tert-OH is 2. The van der Waals surface area contributed by atoms with E-state index in [1.165, 1.54) is 24.3 Å². The number of rotatable bonds is 0. The molecule has 0 saturated heterocycles. The van der Waals surface area contributed by atoms with Crippen molar-refractivity contribution in [2.24, 2.45) is 0 Å². The van der Waals surface area contributed by atoms with Gasteiger partial charge in [-0.25, -0.2) is 0 Å². The van der Waals surface area contributed by atoms with Crippen molar-refractivity contribution in [2.45, 2.75) is 0 Å². The minimum atomic E-state index is -0.480. The molecule has 4 aromatic heterocycles. The molecule has 8 nitrogen and oxygen atoms in total. The van der Waals surface area contributed by atoms with Crippen molar-refractivity contribution >= 4 is 60.2 Å². The number of aliphatic hydroxyl groups is 2. The van der Waals surface area contributed by atoms with Gasteiger partial charge in [0.15, 0.2) is 11.5 Å². The second kappa shape index (κ2) is 7.13. The smallest absolute Gasteiger partial charge is 0.220 e. The highest BCUT2D eigenvalue weighted by Crippen LogP contribution is 2.14. The Morgan fingerprint density at radius 3 is 1.67 bits per heavy atom. The van der Waals surface area contributed by atoms with Crippen LogP contribution in [0.25, 0.3) is 48.6 Å². The molecule has 3 aliphatic rings. The van der Waals surface area contributed by atoms with E-state index in [-0.39, 0.29) is 11.5 Å². The Balaban J connectivity index is 1.64. The van der Waals surface area contributed by atoms with Gasteiger partial charge in [0.25, 0.3) is 0 Å². The lowest BCUT2D eigenvalue weighted by molar-refractivity contribution is -0.113. The fraction of sp³-hybridized carbons (Fsp3) is 0. The standard InChI is InChI=1S/C28H18N4O4/c33-25-8-17-19(10-27(25)35)23-12-24-20-11-28(36)26(34)9-18(20)22(32-24)7-16-4-2-14(30-16)5-13-1-3-15(29-13)6-21(17)31-23/h1-12,29-33,36H. The summed E-state index contributed by atoms with van der Waals surface area (Å²) >= 11 is 0. The van der Waals surface area contributed by atoms with E-state index in [0.29, 0.717) is 43.7 Å². The van der Waals surface area contributed by atoms with Gasteiger partial charge in [-0.15, -0.1) is 0 Å². The van der Waals surface area contributed by atoms with Crippen LogP contribution in [0.1, 0.15) is 33.9 Å². The van der Waals surface area contributed by atoms with Gasteiger partial charge in [0, 0.05) is 65.7 Å². The van der Waals surface area contributed by atoms with Gasteiger partial charge in [0.05, 0.1) is 0 Å². The highest BCUT2D eigenvalue weighted by atomic mass is 16.3. The Bertz CT molecular complexity index is 2110. The number of hydrogen-bond acceptors (Lipinski definition) is 4. The van der Waals surface area contributed by atoms with Gasteiger partial charge in [-0.1, -0.05) is 0 Å². The molecule has 0 spiro atoms. The maximum atomic E-state index is 12.3. The molecule has 0 saturated carbocycles. The average Bonchev–Trinajstić information content (AvgIpc) is 3.61. The van der Waals surface area contributed by atoms with Crippen LogP contribution in [0.15, 0.2) is 35.8 Å². The second-order valence-electron chi connectivity index (χ2n) is 8.95. The van der Waals surface area contributed by atoms with Gasteiger partial charge in [0.1, 0.15) is 0 Å². The highest BCUT2D eigenvalue weighted by molar-refractivity contribution is 6.20. The fourth-order valence-corrected chi connectivity index (χ4v) is 4.86. The topological polar surface area (TPSA) is 138 Å². The minimum absolute atomic E-state index is 0.327. The van der Waals surface area contributed by atoms with Crippen molar-refractivity contribution in [3.05, 3.63) is 102 Å².